The first-order valence-corrected chi connectivity index (χ1v) is 10.2. The van der Waals surface area contributed by atoms with Crippen LogP contribution in [0, 0.1) is 11.6 Å². The third kappa shape index (κ3) is 6.48. The highest BCUT2D eigenvalue weighted by Crippen LogP contribution is 2.19. The van der Waals surface area contributed by atoms with Gasteiger partial charge in [-0.2, -0.15) is 0 Å². The van der Waals surface area contributed by atoms with Crippen LogP contribution in [0.3, 0.4) is 0 Å². The predicted molar refractivity (Wildman–Crippen MR) is 115 cm³/mol. The Morgan fingerprint density at radius 1 is 0.935 bits per heavy atom. The largest absolute Gasteiger partial charge is 0.326 e. The summed E-state index contributed by atoms with van der Waals surface area (Å²) in [6.45, 7) is 4.05. The second kappa shape index (κ2) is 10.5. The molecule has 2 N–H and O–H groups in total. The number of nitrogens with one attached hydrogen (secondary N) is 2. The average Bonchev–Trinajstić information content (AvgIpc) is 3.11. The number of anilines is 2. The number of carbonyl (C=O) groups excluding carboxylic acids is 2. The van der Waals surface area contributed by atoms with E-state index >= 15 is 0 Å². The Bertz CT molecular complexity index is 1070. The second-order valence-corrected chi connectivity index (χ2v) is 7.32. The quantitative estimate of drug-likeness (QED) is 0.389. The molecule has 10 heteroatoms. The number of rotatable bonds is 9. The molecule has 7 nitrogen and oxygen atoms in total. The van der Waals surface area contributed by atoms with Crippen LogP contribution in [0.5, 0.6) is 0 Å². The maximum Gasteiger partial charge on any atom is 0.234 e. The van der Waals surface area contributed by atoms with E-state index in [9.17, 15) is 18.4 Å². The van der Waals surface area contributed by atoms with E-state index in [4.69, 9.17) is 0 Å². The van der Waals surface area contributed by atoms with Gasteiger partial charge in [0.1, 0.15) is 17.5 Å². The molecular formula is C21H19F2N5O2S. The lowest BCUT2D eigenvalue weighted by Crippen LogP contribution is -2.18. The van der Waals surface area contributed by atoms with Crippen molar-refractivity contribution in [3.05, 3.63) is 78.6 Å². The molecule has 31 heavy (non-hydrogen) atoms. The smallest absolute Gasteiger partial charge is 0.234 e. The van der Waals surface area contributed by atoms with Crippen molar-refractivity contribution in [1.82, 2.24) is 14.8 Å². The molecule has 2 aromatic carbocycles. The third-order valence-electron chi connectivity index (χ3n) is 4.01. The fraction of sp³-hybridized carbons (Fsp3) is 0.143. The minimum atomic E-state index is -0.395. The van der Waals surface area contributed by atoms with Gasteiger partial charge in [-0.1, -0.05) is 17.8 Å². The van der Waals surface area contributed by atoms with Crippen LogP contribution in [0.15, 0.2) is 66.3 Å². The molecule has 0 aliphatic carbocycles. The number of nitrogens with zero attached hydrogens (tertiary/aromatic N) is 3. The van der Waals surface area contributed by atoms with Crippen molar-refractivity contribution in [3.8, 4) is 0 Å². The molecule has 0 saturated heterocycles. The number of allylic oxidation sites excluding steroid dienone is 1. The van der Waals surface area contributed by atoms with Gasteiger partial charge in [0.2, 0.25) is 11.8 Å². The van der Waals surface area contributed by atoms with Gasteiger partial charge < -0.3 is 15.2 Å². The van der Waals surface area contributed by atoms with E-state index in [0.717, 1.165) is 11.8 Å². The number of carbonyl (C=O) groups is 2. The molecule has 0 spiro atoms. The summed E-state index contributed by atoms with van der Waals surface area (Å²) in [6.07, 6.45) is 1.58. The van der Waals surface area contributed by atoms with Crippen molar-refractivity contribution in [2.24, 2.45) is 0 Å². The van der Waals surface area contributed by atoms with Crippen LogP contribution >= 0.6 is 11.8 Å². The minimum absolute atomic E-state index is 0.0500. The fourth-order valence-electron chi connectivity index (χ4n) is 2.61. The molecule has 0 bridgehead atoms. The monoisotopic (exact) mass is 443 g/mol. The van der Waals surface area contributed by atoms with Gasteiger partial charge in [-0.3, -0.25) is 9.59 Å². The summed E-state index contributed by atoms with van der Waals surface area (Å²) in [7, 11) is 0. The molecular weight excluding hydrogens is 424 g/mol. The van der Waals surface area contributed by atoms with Crippen molar-refractivity contribution in [1.29, 1.82) is 0 Å². The Hall–Kier alpha value is -3.53. The topological polar surface area (TPSA) is 88.9 Å². The molecule has 0 atom stereocenters. The Balaban J connectivity index is 1.60. The normalized spacial score (nSPS) is 10.5. The second-order valence-electron chi connectivity index (χ2n) is 6.37. The van der Waals surface area contributed by atoms with E-state index < -0.39 is 5.82 Å². The molecule has 3 rings (SSSR count). The summed E-state index contributed by atoms with van der Waals surface area (Å²) in [6, 6.07) is 10.9. The van der Waals surface area contributed by atoms with E-state index in [0.29, 0.717) is 28.9 Å². The standard InChI is InChI=1S/C21H19F2N5O2S/c1-2-11-28-18(12-19(29)24-16-7-3-14(22)4-8-16)26-27-21(28)31-13-20(30)25-17-9-5-15(23)6-10-17/h2-10H,1,11-13H2,(H,24,29)(H,25,30). The summed E-state index contributed by atoms with van der Waals surface area (Å²) >= 11 is 1.15. The fourth-order valence-corrected chi connectivity index (χ4v) is 3.38. The number of halogens is 2. The van der Waals surface area contributed by atoms with Gasteiger partial charge in [-0.05, 0) is 48.5 Å². The summed E-state index contributed by atoms with van der Waals surface area (Å²) in [5.74, 6) is -0.958. The number of hydrogen-bond donors (Lipinski definition) is 2. The first kappa shape index (κ1) is 22.2. The molecule has 3 aromatic rings. The van der Waals surface area contributed by atoms with Gasteiger partial charge in [-0.15, -0.1) is 16.8 Å². The maximum atomic E-state index is 13.0. The molecule has 0 radical (unpaired) electrons. The molecule has 2 amide bonds. The van der Waals surface area contributed by atoms with Crippen LogP contribution < -0.4 is 10.6 Å². The maximum absolute atomic E-state index is 13.0. The zero-order chi connectivity index (χ0) is 22.2. The highest BCUT2D eigenvalue weighted by atomic mass is 32.2. The van der Waals surface area contributed by atoms with E-state index in [1.165, 1.54) is 48.5 Å². The summed E-state index contributed by atoms with van der Waals surface area (Å²) in [4.78, 5) is 24.5. The van der Waals surface area contributed by atoms with Crippen molar-refractivity contribution in [3.63, 3.8) is 0 Å². The van der Waals surface area contributed by atoms with Crippen molar-refractivity contribution in [2.45, 2.75) is 18.1 Å². The van der Waals surface area contributed by atoms with Crippen molar-refractivity contribution >= 4 is 35.0 Å². The average molecular weight is 443 g/mol. The molecule has 1 aromatic heterocycles. The van der Waals surface area contributed by atoms with Crippen LogP contribution in [0.4, 0.5) is 20.2 Å². The molecule has 0 fully saturated rings. The Morgan fingerprint density at radius 2 is 1.48 bits per heavy atom. The highest BCUT2D eigenvalue weighted by molar-refractivity contribution is 7.99. The molecule has 0 aliphatic heterocycles. The van der Waals surface area contributed by atoms with Crippen LogP contribution in [0.25, 0.3) is 0 Å². The number of thioether (sulfide) groups is 1. The molecule has 160 valence electrons. The van der Waals surface area contributed by atoms with Crippen LogP contribution in [0.1, 0.15) is 5.82 Å². The zero-order valence-corrected chi connectivity index (χ0v) is 17.2. The van der Waals surface area contributed by atoms with Crippen LogP contribution in [-0.4, -0.2) is 32.3 Å². The van der Waals surface area contributed by atoms with Crippen molar-refractivity contribution in [2.75, 3.05) is 16.4 Å². The van der Waals surface area contributed by atoms with E-state index in [1.54, 1.807) is 10.6 Å². The number of benzene rings is 2. The zero-order valence-electron chi connectivity index (χ0n) is 16.3. The lowest BCUT2D eigenvalue weighted by atomic mass is 10.3. The molecule has 0 aliphatic rings. The predicted octanol–water partition coefficient (Wildman–Crippen LogP) is 3.65. The number of hydrogen-bond acceptors (Lipinski definition) is 5. The molecule has 0 saturated carbocycles. The lowest BCUT2D eigenvalue weighted by Gasteiger charge is -2.09. The molecule has 1 heterocycles. The van der Waals surface area contributed by atoms with Gasteiger partial charge in [0, 0.05) is 17.9 Å². The Labute approximate surface area is 181 Å². The number of amides is 2. The number of aromatic nitrogens is 3. The van der Waals surface area contributed by atoms with E-state index in [-0.39, 0.29) is 29.8 Å². The summed E-state index contributed by atoms with van der Waals surface area (Å²) in [5, 5.41) is 13.9. The SMILES string of the molecule is C=CCn1c(CC(=O)Nc2ccc(F)cc2)nnc1SCC(=O)Nc1ccc(F)cc1. The summed E-state index contributed by atoms with van der Waals surface area (Å²) < 4.78 is 27.6. The van der Waals surface area contributed by atoms with Gasteiger partial charge in [-0.25, -0.2) is 8.78 Å². The third-order valence-corrected chi connectivity index (χ3v) is 4.98. The van der Waals surface area contributed by atoms with Crippen LogP contribution in [-0.2, 0) is 22.6 Å². The van der Waals surface area contributed by atoms with E-state index in [2.05, 4.69) is 27.4 Å². The van der Waals surface area contributed by atoms with E-state index in [1.807, 2.05) is 0 Å². The minimum Gasteiger partial charge on any atom is -0.326 e. The van der Waals surface area contributed by atoms with Crippen molar-refractivity contribution < 1.29 is 18.4 Å². The van der Waals surface area contributed by atoms with Gasteiger partial charge >= 0.3 is 0 Å². The Morgan fingerprint density at radius 3 is 2.03 bits per heavy atom. The van der Waals surface area contributed by atoms with Gasteiger partial charge in [0.05, 0.1) is 12.2 Å². The van der Waals surface area contributed by atoms with Gasteiger partial charge in [0.25, 0.3) is 0 Å². The van der Waals surface area contributed by atoms with Crippen LogP contribution in [0.2, 0.25) is 0 Å². The lowest BCUT2D eigenvalue weighted by molar-refractivity contribution is -0.116. The molecule has 0 unspecified atom stereocenters. The van der Waals surface area contributed by atoms with Gasteiger partial charge in [0.15, 0.2) is 5.16 Å². The highest BCUT2D eigenvalue weighted by Gasteiger charge is 2.16. The Kier molecular flexibility index (Phi) is 7.50. The first-order chi connectivity index (χ1) is 14.9. The first-order valence-electron chi connectivity index (χ1n) is 9.21. The summed E-state index contributed by atoms with van der Waals surface area (Å²) in [5.41, 5.74) is 0.950.